The first kappa shape index (κ1) is 14.3. The second-order valence-corrected chi connectivity index (χ2v) is 5.35. The number of nitrogens with one attached hydrogen (secondary N) is 1. The van der Waals surface area contributed by atoms with Crippen molar-refractivity contribution >= 4 is 33.2 Å². The van der Waals surface area contributed by atoms with Crippen molar-refractivity contribution in [2.24, 2.45) is 0 Å². The smallest absolute Gasteiger partial charge is 0.251 e. The number of carbonyl (C=O) groups excluding carboxylic acids is 1. The molecule has 0 saturated carbocycles. The maximum atomic E-state index is 11.9. The van der Waals surface area contributed by atoms with Crippen LogP contribution in [0.3, 0.4) is 0 Å². The third kappa shape index (κ3) is 3.48. The molecule has 0 atom stereocenters. The number of nitrogens with two attached hydrogens (primary N) is 1. The average molecular weight is 336 g/mol. The number of hydrogen-bond acceptors (Lipinski definition) is 3. The summed E-state index contributed by atoms with van der Waals surface area (Å²) in [4.78, 5) is 23.7. The lowest BCUT2D eigenvalue weighted by atomic mass is 10.2. The van der Waals surface area contributed by atoms with E-state index in [1.165, 1.54) is 16.8 Å². The molecule has 20 heavy (non-hydrogen) atoms. The molecule has 104 valence electrons. The largest absolute Gasteiger partial charge is 0.397 e. The van der Waals surface area contributed by atoms with E-state index >= 15 is 0 Å². The SMILES string of the molecule is Cc1cc(=O)n(CC(=O)Nc2cccc(Br)c2)cc1N. The van der Waals surface area contributed by atoms with Crippen LogP contribution in [0.1, 0.15) is 5.56 Å². The van der Waals surface area contributed by atoms with Crippen LogP contribution in [-0.4, -0.2) is 10.5 Å². The summed E-state index contributed by atoms with van der Waals surface area (Å²) in [5.74, 6) is -0.284. The number of amides is 1. The summed E-state index contributed by atoms with van der Waals surface area (Å²) in [6.07, 6.45) is 1.48. The van der Waals surface area contributed by atoms with Gasteiger partial charge in [-0.2, -0.15) is 0 Å². The van der Waals surface area contributed by atoms with Gasteiger partial charge in [-0.3, -0.25) is 9.59 Å². The minimum atomic E-state index is -0.284. The lowest BCUT2D eigenvalue weighted by Gasteiger charge is -2.09. The Balaban J connectivity index is 2.13. The Hall–Kier alpha value is -2.08. The minimum Gasteiger partial charge on any atom is -0.397 e. The van der Waals surface area contributed by atoms with Crippen LogP contribution in [0.2, 0.25) is 0 Å². The van der Waals surface area contributed by atoms with E-state index < -0.39 is 0 Å². The molecule has 1 aromatic carbocycles. The van der Waals surface area contributed by atoms with Crippen LogP contribution in [0.5, 0.6) is 0 Å². The highest BCUT2D eigenvalue weighted by Crippen LogP contribution is 2.15. The van der Waals surface area contributed by atoms with Gasteiger partial charge in [0.15, 0.2) is 0 Å². The molecular formula is C14H14BrN3O2. The number of rotatable bonds is 3. The van der Waals surface area contributed by atoms with Crippen LogP contribution < -0.4 is 16.6 Å². The Bertz CT molecular complexity index is 710. The summed E-state index contributed by atoms with van der Waals surface area (Å²) in [5, 5.41) is 2.72. The highest BCUT2D eigenvalue weighted by atomic mass is 79.9. The Labute approximate surface area is 124 Å². The van der Waals surface area contributed by atoms with Gasteiger partial charge >= 0.3 is 0 Å². The van der Waals surface area contributed by atoms with Crippen LogP contribution in [0.25, 0.3) is 0 Å². The molecule has 3 N–H and O–H groups in total. The van der Waals surface area contributed by atoms with Gasteiger partial charge in [0.1, 0.15) is 6.54 Å². The van der Waals surface area contributed by atoms with Crippen LogP contribution in [-0.2, 0) is 11.3 Å². The first-order chi connectivity index (χ1) is 9.45. The topological polar surface area (TPSA) is 77.1 Å². The van der Waals surface area contributed by atoms with Crippen LogP contribution in [0.15, 0.2) is 45.8 Å². The quantitative estimate of drug-likeness (QED) is 0.902. The number of carbonyl (C=O) groups is 1. The van der Waals surface area contributed by atoms with E-state index in [0.717, 1.165) is 4.47 Å². The lowest BCUT2D eigenvalue weighted by molar-refractivity contribution is -0.116. The van der Waals surface area contributed by atoms with Crippen LogP contribution in [0.4, 0.5) is 11.4 Å². The van der Waals surface area contributed by atoms with Crippen molar-refractivity contribution in [1.82, 2.24) is 4.57 Å². The third-order valence-electron chi connectivity index (χ3n) is 2.80. The van der Waals surface area contributed by atoms with Crippen molar-refractivity contribution in [1.29, 1.82) is 0 Å². The van der Waals surface area contributed by atoms with Crippen molar-refractivity contribution in [3.63, 3.8) is 0 Å². The summed E-state index contributed by atoms with van der Waals surface area (Å²) in [6.45, 7) is 1.68. The summed E-state index contributed by atoms with van der Waals surface area (Å²) in [6, 6.07) is 8.65. The van der Waals surface area contributed by atoms with Gasteiger partial charge in [-0.15, -0.1) is 0 Å². The highest BCUT2D eigenvalue weighted by molar-refractivity contribution is 9.10. The van der Waals surface area contributed by atoms with Crippen molar-refractivity contribution < 1.29 is 4.79 Å². The molecule has 1 aromatic heterocycles. The van der Waals surface area contributed by atoms with Gasteiger partial charge in [-0.1, -0.05) is 22.0 Å². The molecule has 1 heterocycles. The molecule has 6 heteroatoms. The predicted molar refractivity (Wildman–Crippen MR) is 82.6 cm³/mol. The Morgan fingerprint density at radius 2 is 2.15 bits per heavy atom. The van der Waals surface area contributed by atoms with Gasteiger partial charge in [0.2, 0.25) is 5.91 Å². The molecule has 2 aromatic rings. The van der Waals surface area contributed by atoms with E-state index in [1.54, 1.807) is 19.1 Å². The number of aryl methyl sites for hydroxylation is 1. The van der Waals surface area contributed by atoms with Crippen LogP contribution >= 0.6 is 15.9 Å². The van der Waals surface area contributed by atoms with Gasteiger partial charge in [0, 0.05) is 22.4 Å². The number of pyridine rings is 1. The maximum Gasteiger partial charge on any atom is 0.251 e. The van der Waals surface area contributed by atoms with Gasteiger partial charge in [-0.25, -0.2) is 0 Å². The second kappa shape index (κ2) is 5.92. The van der Waals surface area contributed by atoms with Crippen molar-refractivity contribution in [3.8, 4) is 0 Å². The predicted octanol–water partition coefficient (Wildman–Crippen LogP) is 2.14. The average Bonchev–Trinajstić information content (AvgIpc) is 2.36. The molecule has 0 saturated heterocycles. The molecule has 5 nitrogen and oxygen atoms in total. The molecule has 0 aliphatic carbocycles. The molecule has 0 radical (unpaired) electrons. The fraction of sp³-hybridized carbons (Fsp3) is 0.143. The van der Waals surface area contributed by atoms with E-state index in [0.29, 0.717) is 16.9 Å². The maximum absolute atomic E-state index is 11.9. The highest BCUT2D eigenvalue weighted by Gasteiger charge is 2.07. The van der Waals surface area contributed by atoms with E-state index in [9.17, 15) is 9.59 Å². The molecule has 0 aliphatic heterocycles. The summed E-state index contributed by atoms with van der Waals surface area (Å²) in [5.41, 5.74) is 7.35. The summed E-state index contributed by atoms with van der Waals surface area (Å²) < 4.78 is 2.15. The van der Waals surface area contributed by atoms with Gasteiger partial charge in [0.05, 0.1) is 5.69 Å². The minimum absolute atomic E-state index is 0.0736. The van der Waals surface area contributed by atoms with E-state index in [1.807, 2.05) is 12.1 Å². The summed E-state index contributed by atoms with van der Waals surface area (Å²) in [7, 11) is 0. The Morgan fingerprint density at radius 1 is 1.40 bits per heavy atom. The number of halogens is 1. The van der Waals surface area contributed by atoms with Gasteiger partial charge in [0.25, 0.3) is 5.56 Å². The first-order valence-electron chi connectivity index (χ1n) is 5.97. The van der Waals surface area contributed by atoms with Crippen molar-refractivity contribution in [2.45, 2.75) is 13.5 Å². The number of hydrogen-bond donors (Lipinski definition) is 2. The zero-order valence-electron chi connectivity index (χ0n) is 10.9. The number of nitrogen functional groups attached to an aromatic ring is 1. The van der Waals surface area contributed by atoms with Gasteiger partial charge in [-0.05, 0) is 30.7 Å². The zero-order valence-corrected chi connectivity index (χ0v) is 12.5. The molecule has 0 bridgehead atoms. The lowest BCUT2D eigenvalue weighted by Crippen LogP contribution is -2.27. The number of nitrogens with zero attached hydrogens (tertiary/aromatic N) is 1. The fourth-order valence-corrected chi connectivity index (χ4v) is 2.13. The van der Waals surface area contributed by atoms with E-state index in [4.69, 9.17) is 5.73 Å². The first-order valence-corrected chi connectivity index (χ1v) is 6.77. The molecular weight excluding hydrogens is 322 g/mol. The Morgan fingerprint density at radius 3 is 2.85 bits per heavy atom. The Kier molecular flexibility index (Phi) is 4.24. The molecule has 0 fully saturated rings. The number of anilines is 2. The normalized spacial score (nSPS) is 10.3. The second-order valence-electron chi connectivity index (χ2n) is 4.44. The molecule has 0 unspecified atom stereocenters. The van der Waals surface area contributed by atoms with Crippen LogP contribution in [0, 0.1) is 6.92 Å². The van der Waals surface area contributed by atoms with E-state index in [2.05, 4.69) is 21.2 Å². The molecule has 0 spiro atoms. The number of aromatic nitrogens is 1. The molecule has 2 rings (SSSR count). The standard InChI is InChI=1S/C14H14BrN3O2/c1-9-5-14(20)18(7-12(9)16)8-13(19)17-11-4-2-3-10(15)6-11/h2-7H,8,16H2,1H3,(H,17,19). The van der Waals surface area contributed by atoms with E-state index in [-0.39, 0.29) is 18.0 Å². The molecule has 1 amide bonds. The monoisotopic (exact) mass is 335 g/mol. The van der Waals surface area contributed by atoms with Crippen molar-refractivity contribution in [2.75, 3.05) is 11.1 Å². The van der Waals surface area contributed by atoms with Gasteiger partial charge < -0.3 is 15.6 Å². The zero-order chi connectivity index (χ0) is 14.7. The summed E-state index contributed by atoms with van der Waals surface area (Å²) >= 11 is 3.32. The third-order valence-corrected chi connectivity index (χ3v) is 3.29. The number of benzene rings is 1. The molecule has 0 aliphatic rings. The van der Waals surface area contributed by atoms with Crippen molar-refractivity contribution in [3.05, 3.63) is 56.9 Å². The fourth-order valence-electron chi connectivity index (χ4n) is 1.73.